The first-order valence-corrected chi connectivity index (χ1v) is 9.60. The lowest BCUT2D eigenvalue weighted by Crippen LogP contribution is -2.02. The van der Waals surface area contributed by atoms with E-state index in [1.54, 1.807) is 11.8 Å². The van der Waals surface area contributed by atoms with Crippen molar-refractivity contribution in [2.45, 2.75) is 63.2 Å². The smallest absolute Gasteiger partial charge is 0.119 e. The van der Waals surface area contributed by atoms with Gasteiger partial charge in [-0.25, -0.2) is 0 Å². The molecule has 2 rings (SSSR count). The SMILES string of the molecule is CCCCNc1cc(C)c(Sc2ccc(O)c(C(C)C)c2)c(C)c1. The van der Waals surface area contributed by atoms with Gasteiger partial charge in [-0.1, -0.05) is 39.0 Å². The van der Waals surface area contributed by atoms with E-state index in [-0.39, 0.29) is 0 Å². The van der Waals surface area contributed by atoms with Crippen molar-refractivity contribution in [2.24, 2.45) is 0 Å². The predicted molar refractivity (Wildman–Crippen MR) is 106 cm³/mol. The van der Waals surface area contributed by atoms with Gasteiger partial charge in [0.2, 0.25) is 0 Å². The summed E-state index contributed by atoms with van der Waals surface area (Å²) in [7, 11) is 0. The third-order valence-electron chi connectivity index (χ3n) is 4.16. The van der Waals surface area contributed by atoms with Crippen molar-refractivity contribution in [3.05, 3.63) is 47.0 Å². The molecule has 0 heterocycles. The fourth-order valence-electron chi connectivity index (χ4n) is 2.80. The number of unbranched alkanes of at least 4 members (excludes halogenated alkanes) is 1. The van der Waals surface area contributed by atoms with Crippen molar-refractivity contribution in [2.75, 3.05) is 11.9 Å². The molecule has 0 atom stereocenters. The molecule has 0 aliphatic carbocycles. The first-order valence-electron chi connectivity index (χ1n) is 8.78. The van der Waals surface area contributed by atoms with Crippen molar-refractivity contribution >= 4 is 17.4 Å². The molecular weight excluding hydrogens is 314 g/mol. The van der Waals surface area contributed by atoms with Gasteiger partial charge in [0.05, 0.1) is 0 Å². The predicted octanol–water partition coefficient (Wildman–Crippen LogP) is 6.50. The molecule has 2 aromatic rings. The van der Waals surface area contributed by atoms with E-state index in [1.165, 1.54) is 39.4 Å². The molecule has 0 unspecified atom stereocenters. The van der Waals surface area contributed by atoms with Crippen LogP contribution in [-0.4, -0.2) is 11.7 Å². The molecule has 0 fully saturated rings. The Bertz CT molecular complexity index is 671. The molecule has 0 spiro atoms. The van der Waals surface area contributed by atoms with Gasteiger partial charge in [0.25, 0.3) is 0 Å². The highest BCUT2D eigenvalue weighted by Crippen LogP contribution is 2.37. The highest BCUT2D eigenvalue weighted by atomic mass is 32.2. The molecule has 2 nitrogen and oxygen atoms in total. The molecule has 0 saturated carbocycles. The lowest BCUT2D eigenvalue weighted by Gasteiger charge is -2.15. The summed E-state index contributed by atoms with van der Waals surface area (Å²) in [6, 6.07) is 10.4. The van der Waals surface area contributed by atoms with Gasteiger partial charge < -0.3 is 10.4 Å². The molecule has 0 aliphatic heterocycles. The van der Waals surface area contributed by atoms with Crippen LogP contribution in [0.1, 0.15) is 56.2 Å². The normalized spacial score (nSPS) is 11.1. The summed E-state index contributed by atoms with van der Waals surface area (Å²) in [4.78, 5) is 2.48. The summed E-state index contributed by atoms with van der Waals surface area (Å²) in [5.41, 5.74) is 4.79. The van der Waals surface area contributed by atoms with Crippen molar-refractivity contribution in [3.8, 4) is 5.75 Å². The van der Waals surface area contributed by atoms with E-state index in [4.69, 9.17) is 0 Å². The van der Waals surface area contributed by atoms with Crippen LogP contribution >= 0.6 is 11.8 Å². The number of hydrogen-bond acceptors (Lipinski definition) is 3. The van der Waals surface area contributed by atoms with Gasteiger partial charge in [0, 0.05) is 22.0 Å². The van der Waals surface area contributed by atoms with Gasteiger partial charge in [-0.2, -0.15) is 0 Å². The van der Waals surface area contributed by atoms with E-state index in [2.05, 4.69) is 58.1 Å². The number of nitrogens with one attached hydrogen (secondary N) is 1. The number of anilines is 1. The van der Waals surface area contributed by atoms with E-state index in [0.29, 0.717) is 11.7 Å². The summed E-state index contributed by atoms with van der Waals surface area (Å²) in [5.74, 6) is 0.705. The zero-order valence-corrected chi connectivity index (χ0v) is 16.3. The third-order valence-corrected chi connectivity index (χ3v) is 5.50. The standard InChI is InChI=1S/C21H29NOS/c1-6-7-10-22-17-11-15(4)21(16(5)12-17)24-18-8-9-20(23)19(13-18)14(2)3/h8-9,11-14,22-23H,6-7,10H2,1-5H3. The zero-order chi connectivity index (χ0) is 17.7. The number of rotatable bonds is 7. The van der Waals surface area contributed by atoms with Gasteiger partial charge in [-0.05, 0) is 73.2 Å². The molecule has 2 N–H and O–H groups in total. The minimum atomic E-state index is 0.317. The maximum Gasteiger partial charge on any atom is 0.119 e. The molecule has 0 saturated heterocycles. The van der Waals surface area contributed by atoms with Crippen LogP contribution in [0.2, 0.25) is 0 Å². The summed E-state index contributed by atoms with van der Waals surface area (Å²) < 4.78 is 0. The number of aromatic hydroxyl groups is 1. The van der Waals surface area contributed by atoms with Crippen LogP contribution in [0.25, 0.3) is 0 Å². The van der Waals surface area contributed by atoms with E-state index < -0.39 is 0 Å². The average molecular weight is 344 g/mol. The van der Waals surface area contributed by atoms with Crippen LogP contribution in [0, 0.1) is 13.8 Å². The molecular formula is C21H29NOS. The van der Waals surface area contributed by atoms with Crippen LogP contribution in [0.15, 0.2) is 40.1 Å². The Balaban J connectivity index is 2.22. The van der Waals surface area contributed by atoms with E-state index in [0.717, 1.165) is 12.1 Å². The molecule has 0 bridgehead atoms. The van der Waals surface area contributed by atoms with E-state index in [1.807, 2.05) is 12.1 Å². The number of phenolic OH excluding ortho intramolecular Hbond substituents is 1. The summed E-state index contributed by atoms with van der Waals surface area (Å²) in [6.07, 6.45) is 2.40. The second kappa shape index (κ2) is 8.48. The molecule has 130 valence electrons. The molecule has 0 aliphatic rings. The summed E-state index contributed by atoms with van der Waals surface area (Å²) >= 11 is 1.78. The van der Waals surface area contributed by atoms with Crippen molar-refractivity contribution in [1.82, 2.24) is 0 Å². The van der Waals surface area contributed by atoms with Gasteiger partial charge in [-0.3, -0.25) is 0 Å². The molecule has 3 heteroatoms. The first kappa shape index (κ1) is 18.7. The number of hydrogen-bond donors (Lipinski definition) is 2. The van der Waals surface area contributed by atoms with Crippen LogP contribution in [0.5, 0.6) is 5.75 Å². The van der Waals surface area contributed by atoms with Crippen LogP contribution in [0.4, 0.5) is 5.69 Å². The minimum absolute atomic E-state index is 0.317. The topological polar surface area (TPSA) is 32.3 Å². The molecule has 0 aromatic heterocycles. The highest BCUT2D eigenvalue weighted by molar-refractivity contribution is 7.99. The van der Waals surface area contributed by atoms with Gasteiger partial charge >= 0.3 is 0 Å². The minimum Gasteiger partial charge on any atom is -0.508 e. The quantitative estimate of drug-likeness (QED) is 0.563. The van der Waals surface area contributed by atoms with E-state index >= 15 is 0 Å². The molecule has 0 amide bonds. The molecule has 0 radical (unpaired) electrons. The van der Waals surface area contributed by atoms with Crippen molar-refractivity contribution in [3.63, 3.8) is 0 Å². The van der Waals surface area contributed by atoms with Crippen LogP contribution in [-0.2, 0) is 0 Å². The van der Waals surface area contributed by atoms with Crippen molar-refractivity contribution < 1.29 is 5.11 Å². The van der Waals surface area contributed by atoms with Crippen molar-refractivity contribution in [1.29, 1.82) is 0 Å². The third kappa shape index (κ3) is 4.70. The second-order valence-corrected chi connectivity index (χ2v) is 7.78. The van der Waals surface area contributed by atoms with Gasteiger partial charge in [-0.15, -0.1) is 0 Å². The zero-order valence-electron chi connectivity index (χ0n) is 15.4. The van der Waals surface area contributed by atoms with Crippen LogP contribution in [0.3, 0.4) is 0 Å². The Morgan fingerprint density at radius 2 is 1.75 bits per heavy atom. The lowest BCUT2D eigenvalue weighted by atomic mass is 10.0. The second-order valence-electron chi connectivity index (χ2n) is 6.70. The van der Waals surface area contributed by atoms with E-state index in [9.17, 15) is 5.11 Å². The Morgan fingerprint density at radius 3 is 2.33 bits per heavy atom. The maximum absolute atomic E-state index is 10.0. The molecule has 24 heavy (non-hydrogen) atoms. The number of phenols is 1. The lowest BCUT2D eigenvalue weighted by molar-refractivity contribution is 0.464. The highest BCUT2D eigenvalue weighted by Gasteiger charge is 2.11. The maximum atomic E-state index is 10.0. The summed E-state index contributed by atoms with van der Waals surface area (Å²) in [5, 5.41) is 13.5. The monoisotopic (exact) mass is 343 g/mol. The largest absolute Gasteiger partial charge is 0.508 e. The Kier molecular flexibility index (Phi) is 6.61. The fraction of sp³-hybridized carbons (Fsp3) is 0.429. The van der Waals surface area contributed by atoms with Gasteiger partial charge in [0.1, 0.15) is 5.75 Å². The Labute approximate surface area is 150 Å². The Hall–Kier alpha value is -1.61. The first-order chi connectivity index (χ1) is 11.4. The Morgan fingerprint density at radius 1 is 1.08 bits per heavy atom. The van der Waals surface area contributed by atoms with Gasteiger partial charge in [0.15, 0.2) is 0 Å². The summed E-state index contributed by atoms with van der Waals surface area (Å²) in [6.45, 7) is 11.8. The average Bonchev–Trinajstić information content (AvgIpc) is 2.52. The van der Waals surface area contributed by atoms with Crippen LogP contribution < -0.4 is 5.32 Å². The molecule has 2 aromatic carbocycles. The number of benzene rings is 2. The number of aryl methyl sites for hydroxylation is 2. The fourth-order valence-corrected chi connectivity index (χ4v) is 3.80.